The van der Waals surface area contributed by atoms with Gasteiger partial charge in [-0.3, -0.25) is 10.1 Å². The molecule has 1 aliphatic rings. The standard InChI is InChI=1S/C21H25FN6O2/c22-17-7-4-8-18(16(17)14-23)28-12-9-19(27-28)26-21(30)25-11-10-24-20(29)13-15-5-2-1-3-6-15/h4,7-9,12,15H,1-3,5-6,10-11,13H2,(H,24,29)(H2,25,26,27,30). The van der Waals surface area contributed by atoms with E-state index >= 15 is 0 Å². The number of nitrogens with zero attached hydrogens (tertiary/aromatic N) is 3. The summed E-state index contributed by atoms with van der Waals surface area (Å²) in [6, 6.07) is 7.13. The van der Waals surface area contributed by atoms with Crippen LogP contribution in [-0.4, -0.2) is 34.8 Å². The van der Waals surface area contributed by atoms with E-state index in [0.29, 0.717) is 18.9 Å². The zero-order chi connectivity index (χ0) is 21.3. The lowest BCUT2D eigenvalue weighted by Gasteiger charge is -2.20. The summed E-state index contributed by atoms with van der Waals surface area (Å²) in [6.07, 6.45) is 7.97. The molecule has 9 heteroatoms. The van der Waals surface area contributed by atoms with Crippen LogP contribution in [0.2, 0.25) is 0 Å². The third-order valence-electron chi connectivity index (χ3n) is 5.11. The Kier molecular flexibility index (Phi) is 7.38. The van der Waals surface area contributed by atoms with Gasteiger partial charge in [0.15, 0.2) is 5.82 Å². The number of rotatable bonds is 7. The second-order valence-electron chi connectivity index (χ2n) is 7.33. The van der Waals surface area contributed by atoms with Gasteiger partial charge in [0, 0.05) is 31.8 Å². The van der Waals surface area contributed by atoms with Crippen molar-refractivity contribution in [2.45, 2.75) is 38.5 Å². The molecule has 3 rings (SSSR count). The Morgan fingerprint density at radius 3 is 2.70 bits per heavy atom. The Balaban J connectivity index is 1.41. The highest BCUT2D eigenvalue weighted by molar-refractivity contribution is 5.88. The third-order valence-corrected chi connectivity index (χ3v) is 5.11. The molecule has 0 aliphatic heterocycles. The van der Waals surface area contributed by atoms with Gasteiger partial charge in [-0.1, -0.05) is 25.3 Å². The van der Waals surface area contributed by atoms with Crippen LogP contribution in [-0.2, 0) is 4.79 Å². The third kappa shape index (κ3) is 5.80. The average Bonchev–Trinajstić information content (AvgIpc) is 3.20. The predicted octanol–water partition coefficient (Wildman–Crippen LogP) is 3.09. The van der Waals surface area contributed by atoms with Gasteiger partial charge < -0.3 is 10.6 Å². The molecule has 1 heterocycles. The fraction of sp³-hybridized carbons (Fsp3) is 0.429. The van der Waals surface area contributed by atoms with E-state index in [4.69, 9.17) is 5.26 Å². The lowest BCUT2D eigenvalue weighted by Crippen LogP contribution is -2.37. The Morgan fingerprint density at radius 1 is 1.17 bits per heavy atom. The summed E-state index contributed by atoms with van der Waals surface area (Å²) in [5, 5.41) is 21.3. The fourth-order valence-electron chi connectivity index (χ4n) is 3.60. The molecule has 8 nitrogen and oxygen atoms in total. The molecule has 2 aromatic rings. The van der Waals surface area contributed by atoms with Gasteiger partial charge in [-0.15, -0.1) is 5.10 Å². The van der Waals surface area contributed by atoms with E-state index < -0.39 is 11.8 Å². The maximum Gasteiger partial charge on any atom is 0.320 e. The van der Waals surface area contributed by atoms with Crippen LogP contribution in [0.4, 0.5) is 15.0 Å². The fourth-order valence-corrected chi connectivity index (χ4v) is 3.60. The van der Waals surface area contributed by atoms with Crippen molar-refractivity contribution in [1.82, 2.24) is 20.4 Å². The molecule has 1 aromatic carbocycles. The molecule has 0 unspecified atom stereocenters. The van der Waals surface area contributed by atoms with Crippen LogP contribution < -0.4 is 16.0 Å². The van der Waals surface area contributed by atoms with Crippen molar-refractivity contribution in [3.8, 4) is 11.8 Å². The van der Waals surface area contributed by atoms with Crippen LogP contribution in [0.25, 0.3) is 5.69 Å². The number of nitriles is 1. The first-order valence-electron chi connectivity index (χ1n) is 10.1. The van der Waals surface area contributed by atoms with E-state index in [2.05, 4.69) is 21.0 Å². The lowest BCUT2D eigenvalue weighted by molar-refractivity contribution is -0.122. The van der Waals surface area contributed by atoms with Gasteiger partial charge in [0.2, 0.25) is 5.91 Å². The summed E-state index contributed by atoms with van der Waals surface area (Å²) >= 11 is 0. The summed E-state index contributed by atoms with van der Waals surface area (Å²) in [4.78, 5) is 24.0. The minimum Gasteiger partial charge on any atom is -0.354 e. The monoisotopic (exact) mass is 412 g/mol. The Bertz CT molecular complexity index is 930. The first kappa shape index (κ1) is 21.3. The molecule has 0 radical (unpaired) electrons. The van der Waals surface area contributed by atoms with E-state index in [0.717, 1.165) is 12.8 Å². The Morgan fingerprint density at radius 2 is 1.93 bits per heavy atom. The number of carbonyl (C=O) groups is 2. The number of nitrogens with one attached hydrogen (secondary N) is 3. The number of carbonyl (C=O) groups excluding carboxylic acids is 2. The molecule has 0 spiro atoms. The van der Waals surface area contributed by atoms with Crippen LogP contribution in [0.1, 0.15) is 44.1 Å². The number of aromatic nitrogens is 2. The molecule has 0 saturated heterocycles. The molecular formula is C21H25FN6O2. The molecular weight excluding hydrogens is 387 g/mol. The SMILES string of the molecule is N#Cc1c(F)cccc1-n1ccc(NC(=O)NCCNC(=O)CC2CCCCC2)n1. The quantitative estimate of drug-likeness (QED) is 0.607. The van der Waals surface area contributed by atoms with Crippen LogP contribution >= 0.6 is 0 Å². The molecule has 1 fully saturated rings. The van der Waals surface area contributed by atoms with Gasteiger partial charge in [-0.2, -0.15) is 5.26 Å². The molecule has 0 bridgehead atoms. The molecule has 30 heavy (non-hydrogen) atoms. The van der Waals surface area contributed by atoms with Crippen LogP contribution in [0, 0.1) is 23.1 Å². The first-order valence-corrected chi connectivity index (χ1v) is 10.1. The second kappa shape index (κ2) is 10.4. The van der Waals surface area contributed by atoms with E-state index in [-0.39, 0.29) is 29.5 Å². The Hall–Kier alpha value is -3.41. The molecule has 158 valence electrons. The smallest absolute Gasteiger partial charge is 0.320 e. The minimum atomic E-state index is -0.636. The van der Waals surface area contributed by atoms with Crippen molar-refractivity contribution in [3.05, 3.63) is 41.8 Å². The zero-order valence-electron chi connectivity index (χ0n) is 16.7. The van der Waals surface area contributed by atoms with Crippen molar-refractivity contribution in [2.75, 3.05) is 18.4 Å². The van der Waals surface area contributed by atoms with E-state index in [1.807, 2.05) is 6.07 Å². The average molecular weight is 412 g/mol. The number of urea groups is 1. The van der Waals surface area contributed by atoms with Gasteiger partial charge in [0.25, 0.3) is 0 Å². The van der Waals surface area contributed by atoms with E-state index in [1.54, 1.807) is 6.07 Å². The van der Waals surface area contributed by atoms with Gasteiger partial charge in [0.05, 0.1) is 5.69 Å². The highest BCUT2D eigenvalue weighted by Crippen LogP contribution is 2.26. The molecule has 0 atom stereocenters. The van der Waals surface area contributed by atoms with Crippen LogP contribution in [0.3, 0.4) is 0 Å². The van der Waals surface area contributed by atoms with Crippen molar-refractivity contribution in [2.24, 2.45) is 5.92 Å². The normalized spacial score (nSPS) is 14.0. The van der Waals surface area contributed by atoms with Crippen molar-refractivity contribution in [1.29, 1.82) is 5.26 Å². The second-order valence-corrected chi connectivity index (χ2v) is 7.33. The van der Waals surface area contributed by atoms with Gasteiger partial charge >= 0.3 is 6.03 Å². The van der Waals surface area contributed by atoms with Gasteiger partial charge in [-0.05, 0) is 30.9 Å². The summed E-state index contributed by atoms with van der Waals surface area (Å²) in [7, 11) is 0. The summed E-state index contributed by atoms with van der Waals surface area (Å²) in [6.45, 7) is 0.633. The van der Waals surface area contributed by atoms with Gasteiger partial charge in [0.1, 0.15) is 17.4 Å². The summed E-state index contributed by atoms with van der Waals surface area (Å²) in [5.41, 5.74) is 0.159. The van der Waals surface area contributed by atoms with Crippen molar-refractivity contribution < 1.29 is 14.0 Å². The van der Waals surface area contributed by atoms with Crippen LogP contribution in [0.5, 0.6) is 0 Å². The summed E-state index contributed by atoms with van der Waals surface area (Å²) in [5.74, 6) is 0.112. The van der Waals surface area contributed by atoms with Crippen LogP contribution in [0.15, 0.2) is 30.5 Å². The molecule has 3 N–H and O–H groups in total. The number of benzene rings is 1. The molecule has 1 saturated carbocycles. The van der Waals surface area contributed by atoms with Gasteiger partial charge in [-0.25, -0.2) is 13.9 Å². The van der Waals surface area contributed by atoms with E-state index in [1.165, 1.54) is 48.3 Å². The number of amides is 3. The molecule has 1 aromatic heterocycles. The maximum atomic E-state index is 13.7. The number of halogens is 1. The lowest BCUT2D eigenvalue weighted by atomic mass is 9.87. The zero-order valence-corrected chi connectivity index (χ0v) is 16.7. The van der Waals surface area contributed by atoms with Crippen molar-refractivity contribution >= 4 is 17.8 Å². The number of anilines is 1. The highest BCUT2D eigenvalue weighted by atomic mass is 19.1. The summed E-state index contributed by atoms with van der Waals surface area (Å²) < 4.78 is 15.1. The number of hydrogen-bond acceptors (Lipinski definition) is 4. The molecule has 1 aliphatic carbocycles. The maximum absolute atomic E-state index is 13.7. The number of hydrogen-bond donors (Lipinski definition) is 3. The topological polar surface area (TPSA) is 112 Å². The molecule has 3 amide bonds. The van der Waals surface area contributed by atoms with Crippen molar-refractivity contribution in [3.63, 3.8) is 0 Å². The highest BCUT2D eigenvalue weighted by Gasteiger charge is 2.16. The first-order chi connectivity index (χ1) is 14.6. The Labute approximate surface area is 174 Å². The predicted molar refractivity (Wildman–Crippen MR) is 109 cm³/mol. The van der Waals surface area contributed by atoms with E-state index in [9.17, 15) is 14.0 Å². The largest absolute Gasteiger partial charge is 0.354 e. The minimum absolute atomic E-state index is 0.0197.